The molecule has 0 bridgehead atoms. The van der Waals surface area contributed by atoms with E-state index in [1.54, 1.807) is 0 Å². The molecule has 0 radical (unpaired) electrons. The number of nitrogens with zero attached hydrogens (tertiary/aromatic N) is 1. The second kappa shape index (κ2) is 5.72. The van der Waals surface area contributed by atoms with E-state index < -0.39 is 0 Å². The average molecular weight is 347 g/mol. The van der Waals surface area contributed by atoms with Crippen LogP contribution in [0, 0.1) is 34.5 Å². The van der Waals surface area contributed by atoms with Gasteiger partial charge in [0.1, 0.15) is 0 Å². The maximum Gasteiger partial charge on any atom is 0.309 e. The standard InChI is InChI=1S/C21H33NO3/c1-20-11-9-15-13(14(20)6-7-16(20)19(24)25-4)5-8-17-21(15,2)12-10-18(23)22(17)3/h13-17H,5-12H2,1-4H3/t13-,14-,15-,16+,17+,20-,21+/m1/s1. The lowest BCUT2D eigenvalue weighted by molar-refractivity contribution is -0.164. The average Bonchev–Trinajstić information content (AvgIpc) is 2.95. The van der Waals surface area contributed by atoms with Crippen LogP contribution in [0.3, 0.4) is 0 Å². The monoisotopic (exact) mass is 347 g/mol. The van der Waals surface area contributed by atoms with Crippen LogP contribution in [0.5, 0.6) is 0 Å². The summed E-state index contributed by atoms with van der Waals surface area (Å²) in [6.07, 6.45) is 8.62. The lowest BCUT2D eigenvalue weighted by Gasteiger charge is -2.61. The van der Waals surface area contributed by atoms with Crippen molar-refractivity contribution in [2.45, 2.75) is 71.3 Å². The van der Waals surface area contributed by atoms with E-state index in [1.165, 1.54) is 26.4 Å². The van der Waals surface area contributed by atoms with Gasteiger partial charge in [0, 0.05) is 19.5 Å². The smallest absolute Gasteiger partial charge is 0.309 e. The topological polar surface area (TPSA) is 46.6 Å². The van der Waals surface area contributed by atoms with E-state index in [-0.39, 0.29) is 22.7 Å². The molecule has 1 aliphatic heterocycles. The fraction of sp³-hybridized carbons (Fsp3) is 0.905. The van der Waals surface area contributed by atoms with Crippen LogP contribution in [0.15, 0.2) is 0 Å². The van der Waals surface area contributed by atoms with E-state index in [9.17, 15) is 9.59 Å². The van der Waals surface area contributed by atoms with Crippen molar-refractivity contribution in [2.75, 3.05) is 14.2 Å². The predicted octanol–water partition coefficient (Wildman–Crippen LogP) is 3.64. The minimum Gasteiger partial charge on any atom is -0.469 e. The van der Waals surface area contributed by atoms with Gasteiger partial charge in [0.25, 0.3) is 0 Å². The Morgan fingerprint density at radius 1 is 1.04 bits per heavy atom. The highest BCUT2D eigenvalue weighted by Gasteiger charge is 2.62. The summed E-state index contributed by atoms with van der Waals surface area (Å²) in [5.41, 5.74) is 0.379. The number of amides is 1. The van der Waals surface area contributed by atoms with Gasteiger partial charge in [-0.25, -0.2) is 0 Å². The summed E-state index contributed by atoms with van der Waals surface area (Å²) in [4.78, 5) is 26.6. The third kappa shape index (κ3) is 2.24. The van der Waals surface area contributed by atoms with Crippen molar-refractivity contribution in [3.05, 3.63) is 0 Å². The van der Waals surface area contributed by atoms with Gasteiger partial charge in [-0.05, 0) is 73.5 Å². The molecule has 0 aromatic rings. The Morgan fingerprint density at radius 3 is 2.48 bits per heavy atom. The van der Waals surface area contributed by atoms with Gasteiger partial charge in [-0.1, -0.05) is 13.8 Å². The summed E-state index contributed by atoms with van der Waals surface area (Å²) >= 11 is 0. The third-order valence-electron chi connectivity index (χ3n) is 9.04. The molecule has 4 heteroatoms. The number of methoxy groups -OCH3 is 1. The van der Waals surface area contributed by atoms with Crippen LogP contribution >= 0.6 is 0 Å². The van der Waals surface area contributed by atoms with Crippen LogP contribution in [0.1, 0.15) is 65.2 Å². The zero-order valence-electron chi connectivity index (χ0n) is 16.2. The summed E-state index contributed by atoms with van der Waals surface area (Å²) in [5, 5.41) is 0. The maximum absolute atomic E-state index is 12.3. The number of likely N-dealkylation sites (tertiary alicyclic amines) is 1. The molecule has 4 aliphatic rings. The Kier molecular flexibility index (Phi) is 3.97. The molecule has 3 aliphatic carbocycles. The minimum atomic E-state index is 0.00587. The van der Waals surface area contributed by atoms with Crippen molar-refractivity contribution < 1.29 is 14.3 Å². The van der Waals surface area contributed by atoms with Gasteiger partial charge in [0.15, 0.2) is 0 Å². The normalized spacial score (nSPS) is 49.2. The minimum absolute atomic E-state index is 0.00587. The van der Waals surface area contributed by atoms with E-state index in [0.29, 0.717) is 30.2 Å². The van der Waals surface area contributed by atoms with Gasteiger partial charge in [-0.2, -0.15) is 0 Å². The number of hydrogen-bond donors (Lipinski definition) is 0. The molecule has 0 unspecified atom stereocenters. The van der Waals surface area contributed by atoms with Crippen LogP contribution in [0.25, 0.3) is 0 Å². The Bertz CT molecular complexity index is 590. The van der Waals surface area contributed by atoms with Crippen molar-refractivity contribution in [3.63, 3.8) is 0 Å². The van der Waals surface area contributed by atoms with Crippen LogP contribution in [-0.4, -0.2) is 37.0 Å². The Morgan fingerprint density at radius 2 is 1.76 bits per heavy atom. The summed E-state index contributed by atoms with van der Waals surface area (Å²) in [6, 6.07) is 0.414. The highest BCUT2D eigenvalue weighted by molar-refractivity contribution is 5.77. The van der Waals surface area contributed by atoms with Crippen LogP contribution in [0.2, 0.25) is 0 Å². The number of fused-ring (bicyclic) bond motifs is 5. The van der Waals surface area contributed by atoms with E-state index in [1.807, 2.05) is 7.05 Å². The summed E-state index contributed by atoms with van der Waals surface area (Å²) in [7, 11) is 3.55. The molecule has 25 heavy (non-hydrogen) atoms. The molecular weight excluding hydrogens is 314 g/mol. The first-order valence-electron chi connectivity index (χ1n) is 10.2. The van der Waals surface area contributed by atoms with E-state index in [0.717, 1.165) is 31.6 Å². The molecule has 3 saturated carbocycles. The molecular formula is C21H33NO3. The van der Waals surface area contributed by atoms with Crippen LogP contribution < -0.4 is 0 Å². The number of esters is 1. The van der Waals surface area contributed by atoms with Crippen molar-refractivity contribution in [1.29, 1.82) is 0 Å². The first kappa shape index (κ1) is 17.4. The number of rotatable bonds is 1. The Balaban J connectivity index is 1.62. The molecule has 140 valence electrons. The van der Waals surface area contributed by atoms with Gasteiger partial charge in [-0.15, -0.1) is 0 Å². The van der Waals surface area contributed by atoms with Crippen LogP contribution in [0.4, 0.5) is 0 Å². The molecule has 0 aromatic heterocycles. The quantitative estimate of drug-likeness (QED) is 0.680. The summed E-state index contributed by atoms with van der Waals surface area (Å²) in [5.74, 6) is 2.49. The van der Waals surface area contributed by atoms with Crippen molar-refractivity contribution in [2.24, 2.45) is 34.5 Å². The first-order valence-corrected chi connectivity index (χ1v) is 10.2. The van der Waals surface area contributed by atoms with E-state index in [4.69, 9.17) is 4.74 Å². The predicted molar refractivity (Wildman–Crippen MR) is 95.7 cm³/mol. The number of ether oxygens (including phenoxy) is 1. The van der Waals surface area contributed by atoms with Crippen molar-refractivity contribution in [1.82, 2.24) is 4.90 Å². The number of carbonyl (C=O) groups excluding carboxylic acids is 2. The zero-order valence-corrected chi connectivity index (χ0v) is 16.2. The molecule has 0 N–H and O–H groups in total. The van der Waals surface area contributed by atoms with E-state index >= 15 is 0 Å². The molecule has 7 atom stereocenters. The highest BCUT2D eigenvalue weighted by atomic mass is 16.5. The van der Waals surface area contributed by atoms with Crippen LogP contribution in [-0.2, 0) is 14.3 Å². The second-order valence-electron chi connectivity index (χ2n) is 9.68. The van der Waals surface area contributed by atoms with E-state index in [2.05, 4.69) is 18.7 Å². The molecule has 1 amide bonds. The van der Waals surface area contributed by atoms with Gasteiger partial charge < -0.3 is 9.64 Å². The Labute approximate surface area is 151 Å². The van der Waals surface area contributed by atoms with Crippen molar-refractivity contribution >= 4 is 11.9 Å². The number of carbonyl (C=O) groups is 2. The lowest BCUT2D eigenvalue weighted by atomic mass is 9.47. The van der Waals surface area contributed by atoms with Gasteiger partial charge in [0.2, 0.25) is 5.91 Å². The summed E-state index contributed by atoms with van der Waals surface area (Å²) < 4.78 is 5.13. The van der Waals surface area contributed by atoms with Gasteiger partial charge in [0.05, 0.1) is 13.0 Å². The molecule has 0 spiro atoms. The molecule has 4 fully saturated rings. The largest absolute Gasteiger partial charge is 0.469 e. The Hall–Kier alpha value is -1.06. The lowest BCUT2D eigenvalue weighted by Crippen LogP contribution is -2.61. The van der Waals surface area contributed by atoms with Crippen molar-refractivity contribution in [3.8, 4) is 0 Å². The fourth-order valence-corrected chi connectivity index (χ4v) is 7.68. The fourth-order valence-electron chi connectivity index (χ4n) is 7.68. The molecule has 4 nitrogen and oxygen atoms in total. The summed E-state index contributed by atoms with van der Waals surface area (Å²) in [6.45, 7) is 4.81. The van der Waals surface area contributed by atoms with Gasteiger partial charge in [-0.3, -0.25) is 9.59 Å². The first-order chi connectivity index (χ1) is 11.8. The third-order valence-corrected chi connectivity index (χ3v) is 9.04. The molecule has 1 saturated heterocycles. The number of hydrogen-bond acceptors (Lipinski definition) is 3. The number of piperidine rings is 1. The second-order valence-corrected chi connectivity index (χ2v) is 9.68. The SMILES string of the molecule is COC(=O)[C@@H]1CC[C@@H]2[C@H]3CC[C@@H]4N(C)C(=O)CC[C@@]4(C)[C@@H]3CC[C@]21C. The maximum atomic E-state index is 12.3. The van der Waals surface area contributed by atoms with Gasteiger partial charge >= 0.3 is 5.97 Å². The molecule has 1 heterocycles. The molecule has 4 rings (SSSR count). The molecule has 0 aromatic carbocycles. The highest BCUT2D eigenvalue weighted by Crippen LogP contribution is 2.66. The zero-order chi connectivity index (χ0) is 18.0.